The molecule has 1 aromatic rings. The molecule has 1 rings (SSSR count). The molecule has 17 heavy (non-hydrogen) atoms. The van der Waals surface area contributed by atoms with Crippen LogP contribution in [0.5, 0.6) is 5.75 Å². The number of methoxy groups -OCH3 is 1. The van der Waals surface area contributed by atoms with Gasteiger partial charge in [0, 0.05) is 18.4 Å². The van der Waals surface area contributed by atoms with Crippen molar-refractivity contribution < 1.29 is 9.84 Å². The second kappa shape index (κ2) is 7.58. The van der Waals surface area contributed by atoms with Gasteiger partial charge >= 0.3 is 0 Å². The highest BCUT2D eigenvalue weighted by Gasteiger charge is 2.07. The molecule has 3 nitrogen and oxygen atoms in total. The predicted molar refractivity (Wildman–Crippen MR) is 73.5 cm³/mol. The molecule has 0 aromatic heterocycles. The van der Waals surface area contributed by atoms with Gasteiger partial charge in [-0.05, 0) is 29.4 Å². The zero-order chi connectivity index (χ0) is 12.7. The van der Waals surface area contributed by atoms with Gasteiger partial charge in [0.15, 0.2) is 0 Å². The molecule has 0 aliphatic heterocycles. The summed E-state index contributed by atoms with van der Waals surface area (Å²) in [7, 11) is 1.65. The molecule has 0 saturated heterocycles. The van der Waals surface area contributed by atoms with Crippen LogP contribution in [-0.4, -0.2) is 30.3 Å². The lowest BCUT2D eigenvalue weighted by molar-refractivity contribution is 0.250. The maximum atomic E-state index is 8.92. The van der Waals surface area contributed by atoms with E-state index < -0.39 is 0 Å². The molecule has 0 aliphatic rings. The minimum absolute atomic E-state index is 0.0387. The highest BCUT2D eigenvalue weighted by atomic mass is 32.2. The van der Waals surface area contributed by atoms with E-state index in [1.54, 1.807) is 18.9 Å². The number of hydrogen-bond acceptors (Lipinski definition) is 4. The van der Waals surface area contributed by atoms with E-state index >= 15 is 0 Å². The topological polar surface area (TPSA) is 55.5 Å². The molecule has 1 aromatic carbocycles. The van der Waals surface area contributed by atoms with E-state index in [9.17, 15) is 0 Å². The second-order valence-corrected chi connectivity index (χ2v) is 5.28. The van der Waals surface area contributed by atoms with E-state index in [-0.39, 0.29) is 12.6 Å². The van der Waals surface area contributed by atoms with Crippen molar-refractivity contribution in [2.24, 2.45) is 11.7 Å². The van der Waals surface area contributed by atoms with E-state index in [0.717, 1.165) is 22.8 Å². The number of rotatable bonds is 7. The predicted octanol–water partition coefficient (Wildman–Crippen LogP) is 2.06. The number of ether oxygens (including phenoxy) is 1. The lowest BCUT2D eigenvalue weighted by Crippen LogP contribution is -2.14. The van der Waals surface area contributed by atoms with Crippen LogP contribution >= 0.6 is 11.8 Å². The first-order valence-corrected chi connectivity index (χ1v) is 6.91. The van der Waals surface area contributed by atoms with Crippen molar-refractivity contribution in [2.75, 3.05) is 25.2 Å². The Morgan fingerprint density at radius 1 is 1.29 bits per heavy atom. The summed E-state index contributed by atoms with van der Waals surface area (Å²) in [4.78, 5) is 0. The number of hydrogen-bond donors (Lipinski definition) is 2. The van der Waals surface area contributed by atoms with Gasteiger partial charge < -0.3 is 15.6 Å². The molecule has 96 valence electrons. The molecule has 0 fully saturated rings. The summed E-state index contributed by atoms with van der Waals surface area (Å²) in [5.41, 5.74) is 7.21. The normalized spacial score (nSPS) is 14.4. The minimum Gasteiger partial charge on any atom is -0.497 e. The molecular formula is C13H21NO2S. The van der Waals surface area contributed by atoms with E-state index in [1.165, 1.54) is 0 Å². The van der Waals surface area contributed by atoms with Gasteiger partial charge in [0.05, 0.1) is 7.11 Å². The van der Waals surface area contributed by atoms with Crippen molar-refractivity contribution >= 4 is 11.8 Å². The summed E-state index contributed by atoms with van der Waals surface area (Å²) >= 11 is 1.78. The molecule has 0 saturated carbocycles. The van der Waals surface area contributed by atoms with Crippen LogP contribution in [0, 0.1) is 5.92 Å². The van der Waals surface area contributed by atoms with E-state index in [0.29, 0.717) is 5.92 Å². The highest BCUT2D eigenvalue weighted by molar-refractivity contribution is 7.99. The largest absolute Gasteiger partial charge is 0.497 e. The Labute approximate surface area is 107 Å². The van der Waals surface area contributed by atoms with Gasteiger partial charge in [-0.2, -0.15) is 11.8 Å². The standard InChI is InChI=1S/C13H21NO2S/c1-10(7-15)8-17-9-13(14)11-3-5-12(16-2)6-4-11/h3-6,10,13,15H,7-9,14H2,1-2H3. The zero-order valence-corrected chi connectivity index (χ0v) is 11.2. The summed E-state index contributed by atoms with van der Waals surface area (Å²) < 4.78 is 5.10. The maximum absolute atomic E-state index is 8.92. The summed E-state index contributed by atoms with van der Waals surface area (Å²) in [6.45, 7) is 2.27. The Hall–Kier alpha value is -0.710. The average Bonchev–Trinajstić information content (AvgIpc) is 2.38. The summed E-state index contributed by atoms with van der Waals surface area (Å²) in [5, 5.41) is 8.92. The van der Waals surface area contributed by atoms with E-state index in [1.807, 2.05) is 31.2 Å². The number of benzene rings is 1. The fourth-order valence-corrected chi connectivity index (χ4v) is 2.49. The van der Waals surface area contributed by atoms with Crippen molar-refractivity contribution in [3.8, 4) is 5.75 Å². The molecule has 0 bridgehead atoms. The monoisotopic (exact) mass is 255 g/mol. The summed E-state index contributed by atoms with van der Waals surface area (Å²) in [5.74, 6) is 3.00. The second-order valence-electron chi connectivity index (χ2n) is 4.20. The first-order chi connectivity index (χ1) is 8.17. The van der Waals surface area contributed by atoms with E-state index in [4.69, 9.17) is 15.6 Å². The van der Waals surface area contributed by atoms with Gasteiger partial charge in [0.2, 0.25) is 0 Å². The van der Waals surface area contributed by atoms with Crippen molar-refractivity contribution in [3.05, 3.63) is 29.8 Å². The van der Waals surface area contributed by atoms with Crippen molar-refractivity contribution in [3.63, 3.8) is 0 Å². The van der Waals surface area contributed by atoms with Crippen LogP contribution in [-0.2, 0) is 0 Å². The molecule has 0 spiro atoms. The van der Waals surface area contributed by atoms with Crippen molar-refractivity contribution in [1.29, 1.82) is 0 Å². The number of nitrogens with two attached hydrogens (primary N) is 1. The molecule has 4 heteroatoms. The van der Waals surface area contributed by atoms with Crippen LogP contribution in [0.1, 0.15) is 18.5 Å². The number of aliphatic hydroxyl groups excluding tert-OH is 1. The fraction of sp³-hybridized carbons (Fsp3) is 0.538. The summed E-state index contributed by atoms with van der Waals surface area (Å²) in [6, 6.07) is 7.89. The first kappa shape index (κ1) is 14.4. The third kappa shape index (κ3) is 4.98. The third-order valence-corrected chi connectivity index (χ3v) is 3.95. The molecular weight excluding hydrogens is 234 g/mol. The quantitative estimate of drug-likeness (QED) is 0.783. The van der Waals surface area contributed by atoms with Gasteiger partial charge in [0.1, 0.15) is 5.75 Å². The Kier molecular flexibility index (Phi) is 6.40. The smallest absolute Gasteiger partial charge is 0.118 e. The van der Waals surface area contributed by atoms with Crippen LogP contribution in [0.25, 0.3) is 0 Å². The van der Waals surface area contributed by atoms with E-state index in [2.05, 4.69) is 0 Å². The molecule has 0 aliphatic carbocycles. The van der Waals surface area contributed by atoms with Gasteiger partial charge in [-0.15, -0.1) is 0 Å². The Morgan fingerprint density at radius 3 is 2.47 bits per heavy atom. The van der Waals surface area contributed by atoms with Crippen LogP contribution in [0.15, 0.2) is 24.3 Å². The minimum atomic E-state index is 0.0387. The lowest BCUT2D eigenvalue weighted by atomic mass is 10.1. The average molecular weight is 255 g/mol. The molecule has 2 atom stereocenters. The van der Waals surface area contributed by atoms with Gasteiger partial charge in [-0.1, -0.05) is 19.1 Å². The molecule has 2 unspecified atom stereocenters. The van der Waals surface area contributed by atoms with Crippen molar-refractivity contribution in [1.82, 2.24) is 0 Å². The van der Waals surface area contributed by atoms with Gasteiger partial charge in [-0.3, -0.25) is 0 Å². The number of thioether (sulfide) groups is 1. The molecule has 0 radical (unpaired) electrons. The zero-order valence-electron chi connectivity index (χ0n) is 10.4. The maximum Gasteiger partial charge on any atom is 0.118 e. The van der Waals surface area contributed by atoms with Crippen LogP contribution < -0.4 is 10.5 Å². The Balaban J connectivity index is 2.38. The molecule has 3 N–H and O–H groups in total. The number of aliphatic hydroxyl groups is 1. The van der Waals surface area contributed by atoms with Crippen LogP contribution in [0.3, 0.4) is 0 Å². The third-order valence-electron chi connectivity index (χ3n) is 2.56. The summed E-state index contributed by atoms with van der Waals surface area (Å²) in [6.07, 6.45) is 0. The Morgan fingerprint density at radius 2 is 1.94 bits per heavy atom. The lowest BCUT2D eigenvalue weighted by Gasteiger charge is -2.13. The van der Waals surface area contributed by atoms with Crippen molar-refractivity contribution in [2.45, 2.75) is 13.0 Å². The fourth-order valence-electron chi connectivity index (χ4n) is 1.40. The van der Waals surface area contributed by atoms with Gasteiger partial charge in [-0.25, -0.2) is 0 Å². The molecule has 0 heterocycles. The Bertz CT molecular complexity index is 316. The SMILES string of the molecule is COc1ccc(C(N)CSCC(C)CO)cc1. The van der Waals surface area contributed by atoms with Crippen LogP contribution in [0.4, 0.5) is 0 Å². The van der Waals surface area contributed by atoms with Gasteiger partial charge in [0.25, 0.3) is 0 Å². The first-order valence-electron chi connectivity index (χ1n) is 5.75. The van der Waals surface area contributed by atoms with Crippen LogP contribution in [0.2, 0.25) is 0 Å². The molecule has 0 amide bonds. The highest BCUT2D eigenvalue weighted by Crippen LogP contribution is 2.20.